The van der Waals surface area contributed by atoms with Gasteiger partial charge in [-0.15, -0.1) is 0 Å². The first kappa shape index (κ1) is 22.6. The number of methoxy groups -OCH3 is 1. The molecule has 0 bridgehead atoms. The first-order valence-electron chi connectivity index (χ1n) is 10.5. The minimum absolute atomic E-state index is 0.516. The lowest BCUT2D eigenvalue weighted by Crippen LogP contribution is -2.00. The van der Waals surface area contributed by atoms with Crippen molar-refractivity contribution < 1.29 is 9.47 Å². The number of unbranched alkanes of at least 4 members (excludes halogenated alkanes) is 1. The second-order valence-electron chi connectivity index (χ2n) is 6.90. The Bertz CT molecular complexity index is 1120. The van der Waals surface area contributed by atoms with Crippen LogP contribution in [0.5, 0.6) is 11.5 Å². The van der Waals surface area contributed by atoms with Crippen LogP contribution < -0.4 is 14.8 Å². The summed E-state index contributed by atoms with van der Waals surface area (Å²) >= 11 is 0. The molecule has 0 saturated carbocycles. The molecule has 0 aliphatic rings. The number of allylic oxidation sites excluding steroid dienone is 1. The summed E-state index contributed by atoms with van der Waals surface area (Å²) in [6.07, 6.45) is 9.15. The minimum atomic E-state index is 0.516. The fraction of sp³-hybridized carbons (Fsp3) is 0.192. The summed E-state index contributed by atoms with van der Waals surface area (Å²) in [5.41, 5.74) is 3.04. The molecule has 3 aromatic rings. The molecule has 6 heteroatoms. The summed E-state index contributed by atoms with van der Waals surface area (Å²) in [7, 11) is 1.64. The van der Waals surface area contributed by atoms with Crippen LogP contribution in [-0.2, 0) is 0 Å². The van der Waals surface area contributed by atoms with E-state index in [1.807, 2.05) is 54.6 Å². The number of anilines is 2. The normalized spacial score (nSPS) is 10.9. The molecule has 1 aromatic heterocycles. The molecule has 0 fully saturated rings. The lowest BCUT2D eigenvalue weighted by Gasteiger charge is -2.13. The van der Waals surface area contributed by atoms with E-state index in [-0.39, 0.29) is 0 Å². The van der Waals surface area contributed by atoms with Gasteiger partial charge in [0.25, 0.3) is 0 Å². The van der Waals surface area contributed by atoms with Crippen LogP contribution in [-0.4, -0.2) is 24.9 Å². The van der Waals surface area contributed by atoms with Crippen molar-refractivity contribution in [3.63, 3.8) is 0 Å². The Balaban J connectivity index is 1.74. The summed E-state index contributed by atoms with van der Waals surface area (Å²) in [5, 5.41) is 12.2. The Morgan fingerprint density at radius 2 is 2.00 bits per heavy atom. The Morgan fingerprint density at radius 3 is 2.75 bits per heavy atom. The highest BCUT2D eigenvalue weighted by atomic mass is 16.5. The molecule has 0 unspecified atom stereocenters. The number of ether oxygens (including phenoxy) is 2. The van der Waals surface area contributed by atoms with Gasteiger partial charge < -0.3 is 14.8 Å². The Labute approximate surface area is 188 Å². The van der Waals surface area contributed by atoms with Crippen molar-refractivity contribution in [1.29, 1.82) is 5.26 Å². The van der Waals surface area contributed by atoms with Crippen LogP contribution in [0.3, 0.4) is 0 Å². The fourth-order valence-corrected chi connectivity index (χ4v) is 2.93. The largest absolute Gasteiger partial charge is 0.493 e. The van der Waals surface area contributed by atoms with Crippen LogP contribution in [0.25, 0.3) is 6.08 Å². The van der Waals surface area contributed by atoms with Crippen LogP contribution in [0.2, 0.25) is 0 Å². The zero-order chi connectivity index (χ0) is 22.6. The standard InChI is InChI=1S/C26H26N4O2/c1-3-4-17-32-26-21(9-7-13-24(26)31-2)10-8-16-28-22-11-5-6-12-23(22)30-25-15-14-20(18-27)19-29-25/h5-16,19H,3-4,17H2,1-2H3,(H,29,30). The lowest BCUT2D eigenvalue weighted by atomic mass is 10.1. The summed E-state index contributed by atoms with van der Waals surface area (Å²) < 4.78 is 11.4. The van der Waals surface area contributed by atoms with Gasteiger partial charge in [0.05, 0.1) is 30.7 Å². The predicted molar refractivity (Wildman–Crippen MR) is 129 cm³/mol. The number of nitrogens with zero attached hydrogens (tertiary/aromatic N) is 3. The van der Waals surface area contributed by atoms with Crippen LogP contribution in [0.4, 0.5) is 17.2 Å². The molecule has 0 aliphatic carbocycles. The monoisotopic (exact) mass is 426 g/mol. The second-order valence-corrected chi connectivity index (χ2v) is 6.90. The molecule has 0 radical (unpaired) electrons. The second kappa shape index (κ2) is 11.9. The van der Waals surface area contributed by atoms with Gasteiger partial charge in [-0.1, -0.05) is 37.6 Å². The molecule has 0 amide bonds. The van der Waals surface area contributed by atoms with Gasteiger partial charge >= 0.3 is 0 Å². The molecule has 0 spiro atoms. The van der Waals surface area contributed by atoms with Gasteiger partial charge in [0.2, 0.25) is 0 Å². The molecule has 162 valence electrons. The third-order valence-electron chi connectivity index (χ3n) is 4.61. The molecule has 6 nitrogen and oxygen atoms in total. The molecule has 2 aromatic carbocycles. The van der Waals surface area contributed by atoms with E-state index in [1.54, 1.807) is 25.5 Å². The van der Waals surface area contributed by atoms with Gasteiger partial charge in [-0.3, -0.25) is 4.99 Å². The first-order valence-corrected chi connectivity index (χ1v) is 10.5. The van der Waals surface area contributed by atoms with E-state index in [0.717, 1.165) is 35.5 Å². The van der Waals surface area contributed by atoms with Crippen molar-refractivity contribution in [3.05, 3.63) is 78.0 Å². The average molecular weight is 427 g/mol. The number of para-hydroxylation sites is 3. The molecule has 0 saturated heterocycles. The van der Waals surface area contributed by atoms with Crippen molar-refractivity contribution in [1.82, 2.24) is 4.98 Å². The van der Waals surface area contributed by atoms with Crippen LogP contribution in [0.15, 0.2) is 71.9 Å². The molecular weight excluding hydrogens is 400 g/mol. The zero-order valence-corrected chi connectivity index (χ0v) is 18.3. The number of rotatable bonds is 10. The number of aliphatic imine (C=N–C) groups is 1. The number of pyridine rings is 1. The maximum absolute atomic E-state index is 8.91. The summed E-state index contributed by atoms with van der Waals surface area (Å²) in [4.78, 5) is 8.83. The van der Waals surface area contributed by atoms with Gasteiger partial charge in [-0.25, -0.2) is 4.98 Å². The zero-order valence-electron chi connectivity index (χ0n) is 18.3. The summed E-state index contributed by atoms with van der Waals surface area (Å²) in [6, 6.07) is 19.1. The average Bonchev–Trinajstić information content (AvgIpc) is 2.84. The van der Waals surface area contributed by atoms with Crippen molar-refractivity contribution in [2.45, 2.75) is 19.8 Å². The lowest BCUT2D eigenvalue weighted by molar-refractivity contribution is 0.287. The van der Waals surface area contributed by atoms with Crippen LogP contribution in [0.1, 0.15) is 30.9 Å². The van der Waals surface area contributed by atoms with E-state index in [9.17, 15) is 0 Å². The van der Waals surface area contributed by atoms with E-state index in [0.29, 0.717) is 23.7 Å². The first-order chi connectivity index (χ1) is 15.7. The molecule has 3 rings (SSSR count). The van der Waals surface area contributed by atoms with E-state index in [4.69, 9.17) is 14.7 Å². The highest BCUT2D eigenvalue weighted by molar-refractivity contribution is 5.84. The Hall–Kier alpha value is -4.11. The van der Waals surface area contributed by atoms with Gasteiger partial charge in [0.15, 0.2) is 11.5 Å². The Morgan fingerprint density at radius 1 is 1.12 bits per heavy atom. The smallest absolute Gasteiger partial charge is 0.168 e. The summed E-state index contributed by atoms with van der Waals surface area (Å²) in [6.45, 7) is 2.78. The van der Waals surface area contributed by atoms with Gasteiger partial charge in [0.1, 0.15) is 11.9 Å². The van der Waals surface area contributed by atoms with E-state index in [2.05, 4.69) is 28.3 Å². The van der Waals surface area contributed by atoms with Crippen molar-refractivity contribution in [3.8, 4) is 17.6 Å². The van der Waals surface area contributed by atoms with E-state index in [1.165, 1.54) is 6.20 Å². The SMILES string of the molecule is CCCCOc1c(C=CC=Nc2ccccc2Nc2ccc(C#N)cn2)cccc1OC. The summed E-state index contributed by atoms with van der Waals surface area (Å²) in [5.74, 6) is 2.10. The number of nitriles is 1. The van der Waals surface area contributed by atoms with Crippen molar-refractivity contribution >= 4 is 29.5 Å². The Kier molecular flexibility index (Phi) is 8.41. The van der Waals surface area contributed by atoms with Crippen molar-refractivity contribution in [2.24, 2.45) is 4.99 Å². The number of benzene rings is 2. The molecule has 1 N–H and O–H groups in total. The topological polar surface area (TPSA) is 79.5 Å². The third kappa shape index (κ3) is 6.19. The van der Waals surface area contributed by atoms with E-state index < -0.39 is 0 Å². The molecule has 32 heavy (non-hydrogen) atoms. The maximum Gasteiger partial charge on any atom is 0.168 e. The van der Waals surface area contributed by atoms with E-state index >= 15 is 0 Å². The molecule has 1 heterocycles. The quantitative estimate of drug-likeness (QED) is 0.304. The van der Waals surface area contributed by atoms with Gasteiger partial charge in [0, 0.05) is 18.0 Å². The predicted octanol–water partition coefficient (Wildman–Crippen LogP) is 6.30. The molecule has 0 atom stereocenters. The minimum Gasteiger partial charge on any atom is -0.493 e. The molecular formula is C26H26N4O2. The van der Waals surface area contributed by atoms with Crippen LogP contribution >= 0.6 is 0 Å². The van der Waals surface area contributed by atoms with Gasteiger partial charge in [-0.2, -0.15) is 5.26 Å². The number of hydrogen-bond acceptors (Lipinski definition) is 6. The number of nitrogens with one attached hydrogen (secondary N) is 1. The third-order valence-corrected chi connectivity index (χ3v) is 4.61. The van der Waals surface area contributed by atoms with Gasteiger partial charge in [-0.05, 0) is 48.9 Å². The number of aromatic nitrogens is 1. The highest BCUT2D eigenvalue weighted by Crippen LogP contribution is 2.32. The fourth-order valence-electron chi connectivity index (χ4n) is 2.93. The highest BCUT2D eigenvalue weighted by Gasteiger charge is 2.08. The number of hydrogen-bond donors (Lipinski definition) is 1. The van der Waals surface area contributed by atoms with Crippen molar-refractivity contribution in [2.75, 3.05) is 19.0 Å². The van der Waals surface area contributed by atoms with Crippen LogP contribution in [0, 0.1) is 11.3 Å². The maximum atomic E-state index is 8.91. The molecule has 0 aliphatic heterocycles.